The molecule has 0 aliphatic heterocycles. The number of hydrogen-bond acceptors (Lipinski definition) is 4. The van der Waals surface area contributed by atoms with E-state index in [1.165, 1.54) is 24.2 Å². The first-order chi connectivity index (χ1) is 13.6. The zero-order chi connectivity index (χ0) is 19.5. The summed E-state index contributed by atoms with van der Waals surface area (Å²) < 4.78 is 7.53. The van der Waals surface area contributed by atoms with E-state index in [2.05, 4.69) is 29.0 Å². The lowest BCUT2D eigenvalue weighted by Crippen LogP contribution is -2.25. The number of aromatic nitrogens is 2. The fraction of sp³-hybridized carbons (Fsp3) is 0.304. The summed E-state index contributed by atoms with van der Waals surface area (Å²) in [6.07, 6.45) is 2.46. The first-order valence-corrected chi connectivity index (χ1v) is 10.4. The van der Waals surface area contributed by atoms with Crippen LogP contribution in [0.15, 0.2) is 52.1 Å². The highest BCUT2D eigenvalue weighted by Crippen LogP contribution is 2.27. The Labute approximate surface area is 168 Å². The number of hydrogen-bond donors (Lipinski definition) is 0. The van der Waals surface area contributed by atoms with E-state index in [0.29, 0.717) is 18.3 Å². The molecular weight excluding hydrogens is 368 g/mol. The van der Waals surface area contributed by atoms with Crippen molar-refractivity contribution < 1.29 is 4.74 Å². The predicted octanol–water partition coefficient (Wildman–Crippen LogP) is 4.56. The lowest BCUT2D eigenvalue weighted by molar-refractivity contribution is 0.300. The van der Waals surface area contributed by atoms with Crippen LogP contribution in [0.2, 0.25) is 0 Å². The van der Waals surface area contributed by atoms with Gasteiger partial charge in [-0.3, -0.25) is 4.79 Å². The molecule has 1 fully saturated rings. The fourth-order valence-corrected chi connectivity index (χ4v) is 3.68. The number of benzene rings is 1. The normalized spacial score (nSPS) is 14.2. The lowest BCUT2D eigenvalue weighted by Gasteiger charge is -2.19. The number of aryl methyl sites for hydroxylation is 1. The summed E-state index contributed by atoms with van der Waals surface area (Å²) in [6.45, 7) is 4.34. The van der Waals surface area contributed by atoms with Gasteiger partial charge in [-0.25, -0.2) is 4.98 Å². The minimum atomic E-state index is -0.0709. The first-order valence-electron chi connectivity index (χ1n) is 9.45. The third-order valence-electron chi connectivity index (χ3n) is 4.88. The summed E-state index contributed by atoms with van der Waals surface area (Å²) in [5, 5.41) is 1.94. The average Bonchev–Trinajstić information content (AvgIpc) is 3.37. The molecule has 0 radical (unpaired) electrons. The van der Waals surface area contributed by atoms with Crippen LogP contribution in [0.4, 0.5) is 0 Å². The minimum Gasteiger partial charge on any atom is -0.487 e. The Bertz CT molecular complexity index is 1070. The molecule has 0 bridgehead atoms. The summed E-state index contributed by atoms with van der Waals surface area (Å²) in [4.78, 5) is 16.9. The van der Waals surface area contributed by atoms with Gasteiger partial charge in [-0.05, 0) is 50.5 Å². The van der Waals surface area contributed by atoms with Gasteiger partial charge in [-0.1, -0.05) is 24.0 Å². The second kappa shape index (κ2) is 8.04. The third-order valence-corrected chi connectivity index (χ3v) is 5.52. The van der Waals surface area contributed by atoms with Crippen LogP contribution in [0.3, 0.4) is 0 Å². The van der Waals surface area contributed by atoms with Crippen LogP contribution in [0.25, 0.3) is 0 Å². The Morgan fingerprint density at radius 3 is 2.71 bits per heavy atom. The van der Waals surface area contributed by atoms with Gasteiger partial charge in [0.05, 0.1) is 17.2 Å². The summed E-state index contributed by atoms with van der Waals surface area (Å²) in [5.74, 6) is 7.67. The van der Waals surface area contributed by atoms with Crippen molar-refractivity contribution in [2.24, 2.45) is 5.92 Å². The van der Waals surface area contributed by atoms with E-state index >= 15 is 0 Å². The van der Waals surface area contributed by atoms with Crippen molar-refractivity contribution in [3.05, 3.63) is 80.2 Å². The van der Waals surface area contributed by atoms with Crippen LogP contribution < -0.4 is 10.3 Å². The van der Waals surface area contributed by atoms with Gasteiger partial charge in [-0.2, -0.15) is 0 Å². The minimum absolute atomic E-state index is 0.0643. The molecule has 1 aliphatic carbocycles. The topological polar surface area (TPSA) is 44.1 Å². The molecule has 4 nitrogen and oxygen atoms in total. The van der Waals surface area contributed by atoms with Crippen LogP contribution in [0.1, 0.15) is 48.3 Å². The molecule has 0 spiro atoms. The molecule has 28 heavy (non-hydrogen) atoms. The zero-order valence-electron chi connectivity index (χ0n) is 16.0. The highest BCUT2D eigenvalue weighted by molar-refractivity contribution is 7.07. The largest absolute Gasteiger partial charge is 0.487 e. The SMILES string of the molecule is Cc1cc(OCc2cscn2)cc(=O)n1[C@H](C)c1ccc(C#CC2CC2)cc1. The summed E-state index contributed by atoms with van der Waals surface area (Å²) >= 11 is 1.53. The molecule has 0 saturated heterocycles. The van der Waals surface area contributed by atoms with E-state index in [-0.39, 0.29) is 11.6 Å². The van der Waals surface area contributed by atoms with Crippen molar-refractivity contribution in [1.82, 2.24) is 9.55 Å². The maximum Gasteiger partial charge on any atom is 0.254 e. The van der Waals surface area contributed by atoms with Gasteiger partial charge in [0, 0.05) is 28.6 Å². The van der Waals surface area contributed by atoms with Crippen molar-refractivity contribution in [2.75, 3.05) is 0 Å². The van der Waals surface area contributed by atoms with Crippen LogP contribution in [-0.4, -0.2) is 9.55 Å². The molecule has 2 heterocycles. The van der Waals surface area contributed by atoms with E-state index in [4.69, 9.17) is 4.74 Å². The molecule has 1 aromatic carbocycles. The molecule has 3 aromatic rings. The second-order valence-electron chi connectivity index (χ2n) is 7.15. The van der Waals surface area contributed by atoms with Crippen LogP contribution in [0, 0.1) is 24.7 Å². The van der Waals surface area contributed by atoms with Gasteiger partial charge in [0.15, 0.2) is 0 Å². The quantitative estimate of drug-likeness (QED) is 0.600. The van der Waals surface area contributed by atoms with E-state index < -0.39 is 0 Å². The maximum atomic E-state index is 12.7. The molecule has 0 unspecified atom stereocenters. The molecule has 0 amide bonds. The molecule has 2 aromatic heterocycles. The zero-order valence-corrected chi connectivity index (χ0v) is 16.8. The van der Waals surface area contributed by atoms with Gasteiger partial charge < -0.3 is 9.30 Å². The Morgan fingerprint density at radius 2 is 2.07 bits per heavy atom. The lowest BCUT2D eigenvalue weighted by atomic mass is 10.1. The van der Waals surface area contributed by atoms with Crippen LogP contribution >= 0.6 is 11.3 Å². The van der Waals surface area contributed by atoms with E-state index in [9.17, 15) is 4.79 Å². The predicted molar refractivity (Wildman–Crippen MR) is 112 cm³/mol. The fourth-order valence-electron chi connectivity index (χ4n) is 3.13. The number of ether oxygens (including phenoxy) is 1. The highest BCUT2D eigenvalue weighted by Gasteiger charge is 2.18. The molecule has 1 atom stereocenters. The summed E-state index contributed by atoms with van der Waals surface area (Å²) in [5.41, 5.74) is 5.54. The first kappa shape index (κ1) is 18.5. The average molecular weight is 391 g/mol. The molecular formula is C23H22N2O2S. The van der Waals surface area contributed by atoms with Gasteiger partial charge >= 0.3 is 0 Å². The molecule has 1 saturated carbocycles. The number of nitrogens with zero attached hydrogens (tertiary/aromatic N) is 2. The van der Waals surface area contributed by atoms with E-state index in [0.717, 1.165) is 22.5 Å². The van der Waals surface area contributed by atoms with Gasteiger partial charge in [-0.15, -0.1) is 11.3 Å². The summed E-state index contributed by atoms with van der Waals surface area (Å²) in [6, 6.07) is 11.6. The second-order valence-corrected chi connectivity index (χ2v) is 7.87. The van der Waals surface area contributed by atoms with Crippen LogP contribution in [-0.2, 0) is 6.61 Å². The van der Waals surface area contributed by atoms with Gasteiger partial charge in [0.25, 0.3) is 5.56 Å². The van der Waals surface area contributed by atoms with Gasteiger partial charge in [0.1, 0.15) is 12.4 Å². The van der Waals surface area contributed by atoms with E-state index in [1.807, 2.05) is 37.4 Å². The van der Waals surface area contributed by atoms with Gasteiger partial charge in [0.2, 0.25) is 0 Å². The van der Waals surface area contributed by atoms with Crippen LogP contribution in [0.5, 0.6) is 5.75 Å². The monoisotopic (exact) mass is 390 g/mol. The number of rotatable bonds is 5. The molecule has 0 N–H and O–H groups in total. The smallest absolute Gasteiger partial charge is 0.254 e. The molecule has 5 heteroatoms. The standard InChI is InChI=1S/C23H22N2O2S/c1-16-11-22(27-13-21-14-28-15-24-21)12-23(26)25(16)17(2)20-9-7-19(8-10-20)6-5-18-3-4-18/h7-12,14-15,17-18H,3-4,13H2,1-2H3/t17-/m1/s1. The molecule has 1 aliphatic rings. The molecule has 142 valence electrons. The van der Waals surface area contributed by atoms with Crippen molar-refractivity contribution in [1.29, 1.82) is 0 Å². The Morgan fingerprint density at radius 1 is 1.29 bits per heavy atom. The van der Waals surface area contributed by atoms with Crippen molar-refractivity contribution in [2.45, 2.75) is 39.3 Å². The number of pyridine rings is 1. The Kier molecular flexibility index (Phi) is 5.31. The molecule has 4 rings (SSSR count). The van der Waals surface area contributed by atoms with E-state index in [1.54, 1.807) is 16.1 Å². The Hall–Kier alpha value is -2.84. The number of thiazole rings is 1. The highest BCUT2D eigenvalue weighted by atomic mass is 32.1. The maximum absolute atomic E-state index is 12.7. The van der Waals surface area contributed by atoms with Crippen molar-refractivity contribution >= 4 is 11.3 Å². The summed E-state index contributed by atoms with van der Waals surface area (Å²) in [7, 11) is 0. The Balaban J connectivity index is 1.51. The van der Waals surface area contributed by atoms with Crippen molar-refractivity contribution in [3.63, 3.8) is 0 Å². The third kappa shape index (κ3) is 4.35. The van der Waals surface area contributed by atoms with Crippen molar-refractivity contribution in [3.8, 4) is 17.6 Å².